The summed E-state index contributed by atoms with van der Waals surface area (Å²) in [6, 6.07) is 79.2. The molecular formula is C58H37N3O. The minimum Gasteiger partial charge on any atom is -0.456 e. The van der Waals surface area contributed by atoms with Crippen molar-refractivity contribution in [2.75, 3.05) is 0 Å². The van der Waals surface area contributed by atoms with E-state index >= 15 is 0 Å². The molecule has 0 fully saturated rings. The van der Waals surface area contributed by atoms with Gasteiger partial charge in [-0.2, -0.15) is 0 Å². The predicted molar refractivity (Wildman–Crippen MR) is 258 cm³/mol. The molecule has 3 aromatic heterocycles. The van der Waals surface area contributed by atoms with Gasteiger partial charge in [-0.25, -0.2) is 9.97 Å². The summed E-state index contributed by atoms with van der Waals surface area (Å²) < 4.78 is 9.37. The number of benzene rings is 9. The van der Waals surface area contributed by atoms with Gasteiger partial charge in [-0.3, -0.25) is 0 Å². The summed E-state index contributed by atoms with van der Waals surface area (Å²) in [5, 5.41) is 8.96. The summed E-state index contributed by atoms with van der Waals surface area (Å²) in [6.07, 6.45) is 0. The van der Waals surface area contributed by atoms with Crippen molar-refractivity contribution in [3.8, 4) is 50.7 Å². The summed E-state index contributed by atoms with van der Waals surface area (Å²) in [5.41, 5.74) is 11.9. The lowest BCUT2D eigenvalue weighted by atomic mass is 9.97. The van der Waals surface area contributed by atoms with Gasteiger partial charge in [0.25, 0.3) is 0 Å². The molecule has 0 aliphatic heterocycles. The minimum absolute atomic E-state index is 0.671. The summed E-state index contributed by atoms with van der Waals surface area (Å²) in [6.45, 7) is 0. The molecule has 12 aromatic rings. The molecule has 12 rings (SSSR count). The number of hydrogen-bond donors (Lipinski definition) is 0. The normalized spacial score (nSPS) is 11.5. The molecule has 0 amide bonds. The monoisotopic (exact) mass is 791 g/mol. The van der Waals surface area contributed by atoms with Crippen LogP contribution in [0.4, 0.5) is 0 Å². The fraction of sp³-hybridized carbons (Fsp3) is 0. The average Bonchev–Trinajstić information content (AvgIpc) is 3.69. The van der Waals surface area contributed by atoms with Gasteiger partial charge in [0, 0.05) is 43.9 Å². The maximum Gasteiger partial charge on any atom is 0.160 e. The van der Waals surface area contributed by atoms with Gasteiger partial charge in [-0.05, 0) is 87.3 Å². The highest BCUT2D eigenvalue weighted by Gasteiger charge is 2.18. The summed E-state index contributed by atoms with van der Waals surface area (Å²) in [7, 11) is 0. The topological polar surface area (TPSA) is 43.9 Å². The van der Waals surface area contributed by atoms with Gasteiger partial charge in [0.2, 0.25) is 0 Å². The van der Waals surface area contributed by atoms with Crippen LogP contribution in [0.1, 0.15) is 0 Å². The Balaban J connectivity index is 1.17. The number of fused-ring (bicyclic) bond motifs is 10. The zero-order valence-electron chi connectivity index (χ0n) is 33.6. The maximum atomic E-state index is 6.98. The van der Waals surface area contributed by atoms with Crippen molar-refractivity contribution < 1.29 is 4.42 Å². The molecule has 0 saturated heterocycles. The highest BCUT2D eigenvalue weighted by atomic mass is 16.3. The summed E-state index contributed by atoms with van der Waals surface area (Å²) in [4.78, 5) is 10.4. The van der Waals surface area contributed by atoms with Crippen molar-refractivity contribution in [1.29, 1.82) is 0 Å². The van der Waals surface area contributed by atoms with Crippen molar-refractivity contribution in [3.63, 3.8) is 0 Å². The first kappa shape index (κ1) is 35.6. The van der Waals surface area contributed by atoms with Gasteiger partial charge in [0.05, 0.1) is 22.4 Å². The molecule has 0 unspecified atom stereocenters. The predicted octanol–water partition coefficient (Wildman–Crippen LogP) is 15.6. The molecule has 0 bridgehead atoms. The van der Waals surface area contributed by atoms with Gasteiger partial charge in [-0.15, -0.1) is 0 Å². The Labute approximate surface area is 358 Å². The Bertz CT molecular complexity index is 3680. The van der Waals surface area contributed by atoms with Crippen molar-refractivity contribution in [3.05, 3.63) is 224 Å². The third-order valence-electron chi connectivity index (χ3n) is 12.0. The van der Waals surface area contributed by atoms with Crippen LogP contribution >= 0.6 is 0 Å². The van der Waals surface area contributed by atoms with Crippen LogP contribution in [-0.2, 0) is 0 Å². The standard InChI is InChI=1S/C58H37N3O/c1-4-17-38(18-5-1)41-31-32-57-51(34-41)49-36-55-50(35-48(49)45-26-11-10-25-44(45)47-28-13-15-30-56(47)62-57)46-27-12-14-29-54(46)61(55)43-24-16-23-42(33-43)58-59-52(39-19-6-2-7-20-39)37-53(60-58)40-21-8-3-9-22-40/h1-37H. The Morgan fingerprint density at radius 1 is 0.290 bits per heavy atom. The van der Waals surface area contributed by atoms with Gasteiger partial charge >= 0.3 is 0 Å². The molecule has 3 heterocycles. The van der Waals surface area contributed by atoms with E-state index in [1.807, 2.05) is 18.2 Å². The number of rotatable bonds is 5. The largest absolute Gasteiger partial charge is 0.456 e. The first-order valence-electron chi connectivity index (χ1n) is 21.0. The lowest BCUT2D eigenvalue weighted by molar-refractivity contribution is 0.663. The molecule has 0 saturated carbocycles. The van der Waals surface area contributed by atoms with Crippen molar-refractivity contribution in [2.45, 2.75) is 0 Å². The summed E-state index contributed by atoms with van der Waals surface area (Å²) >= 11 is 0. The third kappa shape index (κ3) is 6.08. The van der Waals surface area contributed by atoms with Crippen molar-refractivity contribution >= 4 is 65.3 Å². The van der Waals surface area contributed by atoms with Crippen LogP contribution in [0.25, 0.3) is 116 Å². The Hall–Kier alpha value is -8.34. The van der Waals surface area contributed by atoms with E-state index in [-0.39, 0.29) is 0 Å². The molecule has 4 nitrogen and oxygen atoms in total. The number of para-hydroxylation sites is 2. The zero-order valence-corrected chi connectivity index (χ0v) is 33.6. The quantitative estimate of drug-likeness (QED) is 0.174. The first-order chi connectivity index (χ1) is 30.7. The van der Waals surface area contributed by atoms with E-state index in [0.29, 0.717) is 5.82 Å². The Morgan fingerprint density at radius 2 is 0.839 bits per heavy atom. The van der Waals surface area contributed by atoms with Crippen LogP contribution in [0.2, 0.25) is 0 Å². The SMILES string of the molecule is c1ccc(-c2ccc3oc4ccccc4c4ccccc4c4cc5c6ccccc6n(-c6cccc(-c7nc(-c8ccccc8)cc(-c8ccccc8)n7)c6)c5cc4c3c2)cc1. The maximum absolute atomic E-state index is 6.98. The van der Waals surface area contributed by atoms with E-state index in [4.69, 9.17) is 14.4 Å². The molecule has 290 valence electrons. The van der Waals surface area contributed by atoms with Crippen LogP contribution in [0, 0.1) is 0 Å². The molecule has 0 radical (unpaired) electrons. The highest BCUT2D eigenvalue weighted by Crippen LogP contribution is 2.41. The second-order valence-electron chi connectivity index (χ2n) is 15.7. The van der Waals surface area contributed by atoms with Crippen LogP contribution in [0.5, 0.6) is 0 Å². The fourth-order valence-electron chi connectivity index (χ4n) is 9.10. The van der Waals surface area contributed by atoms with Gasteiger partial charge < -0.3 is 8.98 Å². The molecular weight excluding hydrogens is 755 g/mol. The average molecular weight is 792 g/mol. The molecule has 62 heavy (non-hydrogen) atoms. The molecule has 0 atom stereocenters. The van der Waals surface area contributed by atoms with Gasteiger partial charge in [0.1, 0.15) is 11.2 Å². The van der Waals surface area contributed by atoms with Crippen LogP contribution in [-0.4, -0.2) is 14.5 Å². The minimum atomic E-state index is 0.671. The highest BCUT2D eigenvalue weighted by molar-refractivity contribution is 6.24. The number of nitrogens with zero attached hydrogens (tertiary/aromatic N) is 3. The van der Waals surface area contributed by atoms with Crippen molar-refractivity contribution in [2.24, 2.45) is 0 Å². The molecule has 9 aromatic carbocycles. The van der Waals surface area contributed by atoms with Crippen LogP contribution < -0.4 is 0 Å². The number of aromatic nitrogens is 3. The lowest BCUT2D eigenvalue weighted by Crippen LogP contribution is -1.98. The van der Waals surface area contributed by atoms with Crippen molar-refractivity contribution in [1.82, 2.24) is 14.5 Å². The van der Waals surface area contributed by atoms with Gasteiger partial charge in [-0.1, -0.05) is 170 Å². The van der Waals surface area contributed by atoms with Crippen LogP contribution in [0.3, 0.4) is 0 Å². The second-order valence-corrected chi connectivity index (χ2v) is 15.7. The number of hydrogen-bond acceptors (Lipinski definition) is 3. The molecule has 0 spiro atoms. The lowest BCUT2D eigenvalue weighted by Gasteiger charge is -2.12. The van der Waals surface area contributed by atoms with E-state index in [1.54, 1.807) is 0 Å². The first-order valence-corrected chi connectivity index (χ1v) is 21.0. The molecule has 0 aliphatic carbocycles. The van der Waals surface area contributed by atoms with Crippen LogP contribution in [0.15, 0.2) is 229 Å². The smallest absolute Gasteiger partial charge is 0.160 e. The third-order valence-corrected chi connectivity index (χ3v) is 12.0. The van der Waals surface area contributed by atoms with Gasteiger partial charge in [0.15, 0.2) is 5.82 Å². The second kappa shape index (κ2) is 14.7. The van der Waals surface area contributed by atoms with E-state index in [2.05, 4.69) is 211 Å². The molecule has 0 N–H and O–H groups in total. The fourth-order valence-corrected chi connectivity index (χ4v) is 9.10. The van der Waals surface area contributed by atoms with E-state index < -0.39 is 0 Å². The summed E-state index contributed by atoms with van der Waals surface area (Å²) in [5.74, 6) is 0.671. The van der Waals surface area contributed by atoms with E-state index in [0.717, 1.165) is 99.4 Å². The molecule has 0 aliphatic rings. The van der Waals surface area contributed by atoms with E-state index in [1.165, 1.54) is 10.8 Å². The Kier molecular flexibility index (Phi) is 8.46. The van der Waals surface area contributed by atoms with E-state index in [9.17, 15) is 0 Å². The Morgan fingerprint density at radius 3 is 1.55 bits per heavy atom. The molecule has 4 heteroatoms. The zero-order chi connectivity index (χ0) is 41.0.